The van der Waals surface area contributed by atoms with E-state index in [1.54, 1.807) is 0 Å². The first-order valence-electron chi connectivity index (χ1n) is 6.04. The molecule has 94 valence electrons. The molecule has 1 saturated heterocycles. The van der Waals surface area contributed by atoms with Crippen molar-refractivity contribution in [3.8, 4) is 0 Å². The lowest BCUT2D eigenvalue weighted by Crippen LogP contribution is -2.45. The highest BCUT2D eigenvalue weighted by molar-refractivity contribution is 14.1. The molecule has 0 spiro atoms. The van der Waals surface area contributed by atoms with E-state index in [1.807, 2.05) is 0 Å². The molecule has 4 heteroatoms. The molecule has 17 heavy (non-hydrogen) atoms. The summed E-state index contributed by atoms with van der Waals surface area (Å²) in [6.07, 6.45) is 2.53. The topological polar surface area (TPSA) is 32.5 Å². The summed E-state index contributed by atoms with van der Waals surface area (Å²) < 4.78 is 1.20. The van der Waals surface area contributed by atoms with Gasteiger partial charge in [-0.3, -0.25) is 0 Å². The molecule has 1 aromatic carbocycles. The van der Waals surface area contributed by atoms with Crippen molar-refractivity contribution in [2.75, 3.05) is 37.8 Å². The summed E-state index contributed by atoms with van der Waals surface area (Å²) >= 11 is 2.30. The Labute approximate surface area is 117 Å². The van der Waals surface area contributed by atoms with Crippen LogP contribution in [0.3, 0.4) is 0 Å². The molecule has 0 aliphatic carbocycles. The molecule has 2 N–H and O–H groups in total. The minimum atomic E-state index is 0.641. The molecule has 1 aromatic rings. The zero-order chi connectivity index (χ0) is 12.4. The third kappa shape index (κ3) is 3.04. The van der Waals surface area contributed by atoms with Gasteiger partial charge >= 0.3 is 0 Å². The highest BCUT2D eigenvalue weighted by Gasteiger charge is 2.22. The quantitative estimate of drug-likeness (QED) is 0.660. The van der Waals surface area contributed by atoms with Crippen molar-refractivity contribution in [3.05, 3.63) is 21.8 Å². The Bertz CT molecular complexity index is 392. The fourth-order valence-electron chi connectivity index (χ4n) is 2.41. The van der Waals surface area contributed by atoms with Gasteiger partial charge < -0.3 is 15.5 Å². The van der Waals surface area contributed by atoms with Crippen molar-refractivity contribution in [1.29, 1.82) is 0 Å². The van der Waals surface area contributed by atoms with Crippen LogP contribution in [0.5, 0.6) is 0 Å². The molecular formula is C13H20IN3. The van der Waals surface area contributed by atoms with Gasteiger partial charge in [0.05, 0.1) is 11.4 Å². The number of benzene rings is 1. The molecule has 0 amide bonds. The number of piperidine rings is 1. The maximum atomic E-state index is 6.11. The van der Waals surface area contributed by atoms with Gasteiger partial charge in [-0.1, -0.05) is 0 Å². The maximum Gasteiger partial charge on any atom is 0.0601 e. The van der Waals surface area contributed by atoms with Crippen LogP contribution in [0.15, 0.2) is 18.2 Å². The van der Waals surface area contributed by atoms with E-state index in [4.69, 9.17) is 5.73 Å². The number of anilines is 2. The summed E-state index contributed by atoms with van der Waals surface area (Å²) in [7, 11) is 4.32. The van der Waals surface area contributed by atoms with E-state index < -0.39 is 0 Å². The molecule has 1 aliphatic rings. The second-order valence-electron chi connectivity index (χ2n) is 4.91. The SMILES string of the molecule is CN(C)C1CCCN(c2ccc(I)cc2N)C1. The van der Waals surface area contributed by atoms with Crippen LogP contribution in [-0.2, 0) is 0 Å². The van der Waals surface area contributed by atoms with E-state index >= 15 is 0 Å². The van der Waals surface area contributed by atoms with E-state index in [-0.39, 0.29) is 0 Å². The van der Waals surface area contributed by atoms with Crippen molar-refractivity contribution in [2.24, 2.45) is 0 Å². The van der Waals surface area contributed by atoms with Crippen molar-refractivity contribution in [2.45, 2.75) is 18.9 Å². The van der Waals surface area contributed by atoms with Gasteiger partial charge in [-0.2, -0.15) is 0 Å². The van der Waals surface area contributed by atoms with Gasteiger partial charge in [0.15, 0.2) is 0 Å². The van der Waals surface area contributed by atoms with Crippen LogP contribution in [-0.4, -0.2) is 38.1 Å². The largest absolute Gasteiger partial charge is 0.397 e. The number of hydrogen-bond donors (Lipinski definition) is 1. The number of likely N-dealkylation sites (N-methyl/N-ethyl adjacent to an activating group) is 1. The van der Waals surface area contributed by atoms with Gasteiger partial charge in [0.1, 0.15) is 0 Å². The molecular weight excluding hydrogens is 325 g/mol. The highest BCUT2D eigenvalue weighted by atomic mass is 127. The smallest absolute Gasteiger partial charge is 0.0601 e. The summed E-state index contributed by atoms with van der Waals surface area (Å²) in [5.41, 5.74) is 8.20. The van der Waals surface area contributed by atoms with Crippen LogP contribution in [0.25, 0.3) is 0 Å². The number of nitrogens with zero attached hydrogens (tertiary/aromatic N) is 2. The Morgan fingerprint density at radius 2 is 2.18 bits per heavy atom. The molecule has 3 nitrogen and oxygen atoms in total. The summed E-state index contributed by atoms with van der Waals surface area (Å²) in [5.74, 6) is 0. The predicted molar refractivity (Wildman–Crippen MR) is 82.5 cm³/mol. The first-order chi connectivity index (χ1) is 8.08. The zero-order valence-corrected chi connectivity index (χ0v) is 12.6. The van der Waals surface area contributed by atoms with Crippen molar-refractivity contribution in [3.63, 3.8) is 0 Å². The third-order valence-electron chi connectivity index (χ3n) is 3.46. The lowest BCUT2D eigenvalue weighted by molar-refractivity contribution is 0.258. The van der Waals surface area contributed by atoms with Gasteiger partial charge in [-0.25, -0.2) is 0 Å². The molecule has 2 rings (SSSR count). The lowest BCUT2D eigenvalue weighted by Gasteiger charge is -2.38. The van der Waals surface area contributed by atoms with E-state index in [9.17, 15) is 0 Å². The molecule has 1 fully saturated rings. The van der Waals surface area contributed by atoms with Crippen molar-refractivity contribution >= 4 is 34.0 Å². The molecule has 1 atom stereocenters. The standard InChI is InChI=1S/C13H20IN3/c1-16(2)11-4-3-7-17(9-11)13-6-5-10(14)8-12(13)15/h5-6,8,11H,3-4,7,9,15H2,1-2H3. The summed E-state index contributed by atoms with van der Waals surface area (Å²) in [6, 6.07) is 6.97. The van der Waals surface area contributed by atoms with Crippen LogP contribution in [0.1, 0.15) is 12.8 Å². The van der Waals surface area contributed by atoms with Crippen LogP contribution < -0.4 is 10.6 Å². The average Bonchev–Trinajstić information content (AvgIpc) is 2.29. The second kappa shape index (κ2) is 5.44. The number of rotatable bonds is 2. The van der Waals surface area contributed by atoms with Gasteiger partial charge in [0, 0.05) is 22.7 Å². The van der Waals surface area contributed by atoms with Gasteiger partial charge in [-0.15, -0.1) is 0 Å². The Morgan fingerprint density at radius 3 is 2.82 bits per heavy atom. The number of hydrogen-bond acceptors (Lipinski definition) is 3. The Hall–Kier alpha value is -0.490. The molecule has 1 unspecified atom stereocenters. The first-order valence-corrected chi connectivity index (χ1v) is 7.12. The predicted octanol–water partition coefficient (Wildman–Crippen LogP) is 2.40. The molecule has 0 aromatic heterocycles. The Balaban J connectivity index is 2.16. The average molecular weight is 345 g/mol. The zero-order valence-electron chi connectivity index (χ0n) is 10.5. The fraction of sp³-hybridized carbons (Fsp3) is 0.538. The second-order valence-corrected chi connectivity index (χ2v) is 6.15. The van der Waals surface area contributed by atoms with Gasteiger partial charge in [0.25, 0.3) is 0 Å². The minimum absolute atomic E-state index is 0.641. The number of halogens is 1. The van der Waals surface area contributed by atoms with E-state index in [1.165, 1.54) is 22.1 Å². The van der Waals surface area contributed by atoms with Crippen LogP contribution >= 0.6 is 22.6 Å². The monoisotopic (exact) mass is 345 g/mol. The summed E-state index contributed by atoms with van der Waals surface area (Å²) in [4.78, 5) is 4.73. The fourth-order valence-corrected chi connectivity index (χ4v) is 2.92. The minimum Gasteiger partial charge on any atom is -0.397 e. The van der Waals surface area contributed by atoms with Crippen LogP contribution in [0.4, 0.5) is 11.4 Å². The molecule has 1 aliphatic heterocycles. The Kier molecular flexibility index (Phi) is 4.14. The van der Waals surface area contributed by atoms with Crippen LogP contribution in [0, 0.1) is 3.57 Å². The number of nitrogens with two attached hydrogens (primary N) is 1. The van der Waals surface area contributed by atoms with E-state index in [0.717, 1.165) is 18.8 Å². The van der Waals surface area contributed by atoms with Crippen molar-refractivity contribution < 1.29 is 0 Å². The highest BCUT2D eigenvalue weighted by Crippen LogP contribution is 2.28. The maximum absolute atomic E-state index is 6.11. The summed E-state index contributed by atoms with van der Waals surface area (Å²) in [6.45, 7) is 2.20. The molecule has 1 heterocycles. The molecule has 0 radical (unpaired) electrons. The normalized spacial score (nSPS) is 20.9. The van der Waals surface area contributed by atoms with E-state index in [2.05, 4.69) is 64.7 Å². The van der Waals surface area contributed by atoms with Crippen LogP contribution in [0.2, 0.25) is 0 Å². The number of nitrogen functional groups attached to an aromatic ring is 1. The first kappa shape index (κ1) is 13.0. The molecule has 0 saturated carbocycles. The van der Waals surface area contributed by atoms with Gasteiger partial charge in [-0.05, 0) is 67.7 Å². The Morgan fingerprint density at radius 1 is 1.41 bits per heavy atom. The van der Waals surface area contributed by atoms with E-state index in [0.29, 0.717) is 6.04 Å². The molecule has 0 bridgehead atoms. The van der Waals surface area contributed by atoms with Gasteiger partial charge in [0.2, 0.25) is 0 Å². The summed E-state index contributed by atoms with van der Waals surface area (Å²) in [5, 5.41) is 0. The van der Waals surface area contributed by atoms with Crippen molar-refractivity contribution in [1.82, 2.24) is 4.90 Å². The third-order valence-corrected chi connectivity index (χ3v) is 4.13. The lowest BCUT2D eigenvalue weighted by atomic mass is 10.0.